The van der Waals surface area contributed by atoms with E-state index in [9.17, 15) is 42.0 Å². The molecule has 2 fully saturated rings. The van der Waals surface area contributed by atoms with Crippen LogP contribution < -0.4 is 0 Å². The van der Waals surface area contributed by atoms with Crippen LogP contribution in [-0.4, -0.2) is 178 Å². The summed E-state index contributed by atoms with van der Waals surface area (Å²) in [7, 11) is -3.97. The highest BCUT2D eigenvalue weighted by atomic mass is 32.2. The number of carbonyl (C=O) groups is 7. The fourth-order valence-electron chi connectivity index (χ4n) is 10.5. The number of benzene rings is 8. The summed E-state index contributed by atoms with van der Waals surface area (Å²) in [6.07, 6.45) is -18.7. The zero-order chi connectivity index (χ0) is 70.8. The van der Waals surface area contributed by atoms with E-state index in [1.165, 1.54) is 97.1 Å². The number of esters is 7. The molecule has 526 valence electrons. The first-order valence-electron chi connectivity index (χ1n) is 32.2. The van der Waals surface area contributed by atoms with Crippen LogP contribution in [0.25, 0.3) is 0 Å². The highest BCUT2D eigenvalue weighted by Gasteiger charge is 2.58. The van der Waals surface area contributed by atoms with Crippen molar-refractivity contribution in [3.63, 3.8) is 0 Å². The highest BCUT2D eigenvalue weighted by molar-refractivity contribution is 7.86. The van der Waals surface area contributed by atoms with Crippen LogP contribution in [0.15, 0.2) is 241 Å². The summed E-state index contributed by atoms with van der Waals surface area (Å²) in [5.74, 6) is -6.76. The molecule has 0 aromatic heterocycles. The summed E-state index contributed by atoms with van der Waals surface area (Å²) in [6, 6.07) is 60.6. The van der Waals surface area contributed by atoms with Gasteiger partial charge in [0.1, 0.15) is 31.5 Å². The molecule has 0 radical (unpaired) electrons. The van der Waals surface area contributed by atoms with Crippen LogP contribution in [-0.2, 0) is 80.6 Å². The molecule has 0 aliphatic carbocycles. The van der Waals surface area contributed by atoms with Gasteiger partial charge in [0.15, 0.2) is 43.1 Å². The van der Waals surface area contributed by atoms with Crippen LogP contribution in [0, 0.1) is 6.92 Å². The molecule has 25 heteroatoms. The molecule has 2 aliphatic heterocycles. The minimum absolute atomic E-state index is 0.00391. The lowest BCUT2D eigenvalue weighted by atomic mass is 9.95. The third-order valence-corrected chi connectivity index (χ3v) is 16.9. The third-order valence-electron chi connectivity index (χ3n) is 15.5. The molecule has 0 N–H and O–H groups in total. The van der Waals surface area contributed by atoms with Gasteiger partial charge in [0.05, 0.1) is 96.7 Å². The molecule has 0 saturated carbocycles. The van der Waals surface area contributed by atoms with E-state index in [4.69, 9.17) is 70.5 Å². The SMILES string of the molecule is Cc1ccc(S(=O)(=O)OCCOCCOCCOCCO[C@@H]2O[C@H](COC(=O)c3ccccc3)[C@@H](O[C@@H]3O[C@H](COC(=O)c4ccccc4)[C@H](OC(=O)c4ccccc4)[C@H](OC(=O)c4ccccc4)[C@H]3OC(=O)c3ccccc3)[C@H](OC(=O)c3ccccc3)[C@H]2OC(=O)c2ccccc2)cc1. The number of ether oxygens (including phenoxy) is 14. The average molecular weight is 1400 g/mol. The van der Waals surface area contributed by atoms with Gasteiger partial charge in [0.2, 0.25) is 0 Å². The molecule has 8 aromatic rings. The molecular weight excluding hydrogens is 1330 g/mol. The smallest absolute Gasteiger partial charge is 0.338 e. The maximum Gasteiger partial charge on any atom is 0.338 e. The Morgan fingerprint density at radius 3 is 0.980 bits per heavy atom. The Bertz CT molecular complexity index is 4070. The molecule has 8 aromatic carbocycles. The number of hydrogen-bond donors (Lipinski definition) is 0. The quantitative estimate of drug-likeness (QED) is 0.0160. The molecule has 101 heavy (non-hydrogen) atoms. The predicted octanol–water partition coefficient (Wildman–Crippen LogP) is 9.44. The van der Waals surface area contributed by atoms with Crippen LogP contribution in [0.1, 0.15) is 78.1 Å². The molecule has 2 heterocycles. The summed E-state index contributed by atoms with van der Waals surface area (Å²) >= 11 is 0. The van der Waals surface area contributed by atoms with E-state index >= 15 is 0 Å². The van der Waals surface area contributed by atoms with Gasteiger partial charge in [0.25, 0.3) is 10.1 Å². The van der Waals surface area contributed by atoms with Crippen molar-refractivity contribution >= 4 is 51.9 Å². The lowest BCUT2D eigenvalue weighted by Gasteiger charge is -2.48. The van der Waals surface area contributed by atoms with Crippen molar-refractivity contribution in [2.75, 3.05) is 66.1 Å². The maximum atomic E-state index is 14.8. The summed E-state index contributed by atoms with van der Waals surface area (Å²) in [6.45, 7) is -0.0621. The van der Waals surface area contributed by atoms with Gasteiger partial charge < -0.3 is 66.3 Å². The summed E-state index contributed by atoms with van der Waals surface area (Å²) < 4.78 is 118. The molecule has 0 amide bonds. The first kappa shape index (κ1) is 73.4. The van der Waals surface area contributed by atoms with E-state index in [1.807, 2.05) is 6.92 Å². The molecule has 2 aliphatic rings. The Hall–Kier alpha value is -10.3. The Kier molecular flexibility index (Phi) is 27.0. The normalized spacial score (nSPS) is 20.2. The van der Waals surface area contributed by atoms with E-state index in [0.29, 0.717) is 0 Å². The number of aryl methyl sites for hydroxylation is 1. The second-order valence-corrected chi connectivity index (χ2v) is 24.2. The Balaban J connectivity index is 0.991. The largest absolute Gasteiger partial charge is 0.459 e. The Morgan fingerprint density at radius 2 is 0.604 bits per heavy atom. The van der Waals surface area contributed by atoms with Crippen molar-refractivity contribution in [2.24, 2.45) is 0 Å². The molecule has 0 unspecified atom stereocenters. The van der Waals surface area contributed by atoms with Gasteiger partial charge >= 0.3 is 41.8 Å². The van der Waals surface area contributed by atoms with Gasteiger partial charge in [0, 0.05) is 0 Å². The van der Waals surface area contributed by atoms with E-state index in [-0.39, 0.29) is 96.7 Å². The van der Waals surface area contributed by atoms with E-state index in [2.05, 4.69) is 0 Å². The van der Waals surface area contributed by atoms with Gasteiger partial charge in [-0.15, -0.1) is 0 Å². The second-order valence-electron chi connectivity index (χ2n) is 22.6. The van der Waals surface area contributed by atoms with Crippen molar-refractivity contribution in [1.82, 2.24) is 0 Å². The molecule has 0 bridgehead atoms. The van der Waals surface area contributed by atoms with Gasteiger partial charge in [-0.05, 0) is 104 Å². The second kappa shape index (κ2) is 37.2. The molecule has 24 nitrogen and oxygen atoms in total. The lowest BCUT2D eigenvalue weighted by Crippen LogP contribution is -2.67. The Morgan fingerprint density at radius 1 is 0.317 bits per heavy atom. The zero-order valence-corrected chi connectivity index (χ0v) is 55.4. The van der Waals surface area contributed by atoms with Crippen molar-refractivity contribution in [2.45, 2.75) is 73.2 Å². The van der Waals surface area contributed by atoms with Crippen LogP contribution in [0.2, 0.25) is 0 Å². The van der Waals surface area contributed by atoms with Gasteiger partial charge in [-0.1, -0.05) is 145 Å². The standard InChI is InChI=1S/C76H72O24S/c1-51-37-39-59(40-38-51)101(84,85)92-48-46-88-44-42-86-41-43-87-45-47-89-75-66(98-73(82)57-33-19-7-20-34-57)65(97-72(81)56-31-17-6-18-32-56)63(61(93-75)50-91-69(78)53-25-11-3-12-26-53)100-76-67(99-74(83)58-35-21-8-22-36-58)64(96-71(80)55-29-15-5-16-30-55)62(95-70(79)54-27-13-4-14-28-54)60(94-76)49-90-68(77)52-23-9-2-10-24-52/h2-40,60-67,75-76H,41-50H2,1H3/t60-,61-,62+,63-,64+,65+,66-,67-,75-,76+/m1/s1. The number of hydrogen-bond acceptors (Lipinski definition) is 24. The van der Waals surface area contributed by atoms with Crippen LogP contribution in [0.5, 0.6) is 0 Å². The lowest BCUT2D eigenvalue weighted by molar-refractivity contribution is -0.356. The van der Waals surface area contributed by atoms with Crippen molar-refractivity contribution < 1.29 is 112 Å². The van der Waals surface area contributed by atoms with E-state index in [0.717, 1.165) is 5.56 Å². The summed E-state index contributed by atoms with van der Waals surface area (Å²) in [5.41, 5.74) is 1.12. The first-order valence-corrected chi connectivity index (χ1v) is 33.6. The minimum Gasteiger partial charge on any atom is -0.459 e. The predicted molar refractivity (Wildman–Crippen MR) is 357 cm³/mol. The van der Waals surface area contributed by atoms with E-state index < -0.39 is 127 Å². The van der Waals surface area contributed by atoms with E-state index in [1.54, 1.807) is 140 Å². The average Bonchev–Trinajstić information content (AvgIpc) is 0.764. The van der Waals surface area contributed by atoms with Crippen molar-refractivity contribution in [3.05, 3.63) is 281 Å². The molecule has 10 atom stereocenters. The molecular formula is C76H72O24S. The molecule has 0 spiro atoms. The first-order chi connectivity index (χ1) is 49.2. The van der Waals surface area contributed by atoms with Crippen molar-refractivity contribution in [3.8, 4) is 0 Å². The summed E-state index contributed by atoms with van der Waals surface area (Å²) in [4.78, 5) is 101. The Labute approximate surface area is 582 Å². The monoisotopic (exact) mass is 1400 g/mol. The van der Waals surface area contributed by atoms with Crippen LogP contribution in [0.4, 0.5) is 0 Å². The highest BCUT2D eigenvalue weighted by Crippen LogP contribution is 2.37. The minimum atomic E-state index is -3.97. The van der Waals surface area contributed by atoms with Gasteiger partial charge in [-0.25, -0.2) is 33.6 Å². The third kappa shape index (κ3) is 21.1. The number of carbonyl (C=O) groups excluding carboxylic acids is 7. The van der Waals surface area contributed by atoms with Gasteiger partial charge in [-0.2, -0.15) is 8.42 Å². The zero-order valence-electron chi connectivity index (χ0n) is 54.6. The van der Waals surface area contributed by atoms with Crippen LogP contribution in [0.3, 0.4) is 0 Å². The molecule has 10 rings (SSSR count). The van der Waals surface area contributed by atoms with Crippen molar-refractivity contribution in [1.29, 1.82) is 0 Å². The summed E-state index contributed by atoms with van der Waals surface area (Å²) in [5, 5.41) is 0. The fraction of sp³-hybridized carbons (Fsp3) is 0.276. The maximum absolute atomic E-state index is 14.8. The van der Waals surface area contributed by atoms with Gasteiger partial charge in [-0.3, -0.25) is 4.18 Å². The number of rotatable bonds is 33. The molecule has 2 saturated heterocycles. The fourth-order valence-corrected chi connectivity index (χ4v) is 11.3. The topological polar surface area (TPSA) is 292 Å². The van der Waals surface area contributed by atoms with Crippen LogP contribution >= 0.6 is 0 Å².